The molecule has 114 valence electrons. The Morgan fingerprint density at radius 2 is 1.60 bits per heavy atom. The van der Waals surface area contributed by atoms with Gasteiger partial charge in [-0.15, -0.1) is 0 Å². The Kier molecular flexibility index (Phi) is 5.02. The van der Waals surface area contributed by atoms with E-state index in [0.717, 1.165) is 44.9 Å². The summed E-state index contributed by atoms with van der Waals surface area (Å²) in [6, 6.07) is -0.259. The highest BCUT2D eigenvalue weighted by Crippen LogP contribution is 2.28. The van der Waals surface area contributed by atoms with Gasteiger partial charge in [0.1, 0.15) is 0 Å². The van der Waals surface area contributed by atoms with E-state index in [1.807, 2.05) is 0 Å². The van der Waals surface area contributed by atoms with Crippen molar-refractivity contribution in [2.24, 2.45) is 11.7 Å². The quantitative estimate of drug-likeness (QED) is 0.688. The molecule has 4 N–H and O–H groups in total. The number of nitrogens with two attached hydrogens (primary N) is 1. The summed E-state index contributed by atoms with van der Waals surface area (Å²) in [7, 11) is 0. The maximum Gasteiger partial charge on any atom is 0.308 e. The maximum absolute atomic E-state index is 12.4. The van der Waals surface area contributed by atoms with Gasteiger partial charge in [0, 0.05) is 6.04 Å². The third-order valence-corrected chi connectivity index (χ3v) is 4.85. The van der Waals surface area contributed by atoms with Gasteiger partial charge in [0.2, 0.25) is 5.91 Å². The summed E-state index contributed by atoms with van der Waals surface area (Å²) < 4.78 is 0. The van der Waals surface area contributed by atoms with Crippen molar-refractivity contribution in [3.05, 3.63) is 0 Å². The first-order chi connectivity index (χ1) is 9.53. The topological polar surface area (TPSA) is 92.4 Å². The lowest BCUT2D eigenvalue weighted by molar-refractivity contribution is -0.143. The number of carbonyl (C=O) groups is 2. The van der Waals surface area contributed by atoms with Gasteiger partial charge in [0.15, 0.2) is 0 Å². The molecule has 2 rings (SSSR count). The standard InChI is InChI=1S/C15H26N2O3/c16-15(9-5-2-6-10-15)14(20)17-12-8-4-1-3-7-11(12)13(18)19/h11-12H,1-10,16H2,(H,17,20)(H,18,19). The minimum Gasteiger partial charge on any atom is -0.481 e. The van der Waals surface area contributed by atoms with Crippen LogP contribution in [0, 0.1) is 5.92 Å². The summed E-state index contributed by atoms with van der Waals surface area (Å²) in [6.45, 7) is 0. The van der Waals surface area contributed by atoms with E-state index in [2.05, 4.69) is 5.32 Å². The molecule has 2 unspecified atom stereocenters. The highest BCUT2D eigenvalue weighted by molar-refractivity contribution is 5.87. The van der Waals surface area contributed by atoms with Crippen LogP contribution in [0.2, 0.25) is 0 Å². The van der Waals surface area contributed by atoms with E-state index in [4.69, 9.17) is 5.73 Å². The van der Waals surface area contributed by atoms with Crippen molar-refractivity contribution in [1.29, 1.82) is 0 Å². The lowest BCUT2D eigenvalue weighted by Crippen LogP contribution is -2.58. The van der Waals surface area contributed by atoms with E-state index in [1.54, 1.807) is 0 Å². The van der Waals surface area contributed by atoms with Crippen molar-refractivity contribution < 1.29 is 14.7 Å². The first-order valence-corrected chi connectivity index (χ1v) is 7.85. The normalized spacial score (nSPS) is 30.2. The zero-order valence-corrected chi connectivity index (χ0v) is 12.1. The largest absolute Gasteiger partial charge is 0.481 e. The van der Waals surface area contributed by atoms with E-state index in [1.165, 1.54) is 0 Å². The van der Waals surface area contributed by atoms with Crippen LogP contribution in [0.15, 0.2) is 0 Å². The molecule has 0 bridgehead atoms. The van der Waals surface area contributed by atoms with Gasteiger partial charge in [-0.1, -0.05) is 38.5 Å². The summed E-state index contributed by atoms with van der Waals surface area (Å²) in [5.41, 5.74) is 5.44. The molecule has 2 aliphatic carbocycles. The first-order valence-electron chi connectivity index (χ1n) is 7.85. The molecule has 0 heterocycles. The summed E-state index contributed by atoms with van der Waals surface area (Å²) in [6.07, 6.45) is 8.87. The predicted molar refractivity (Wildman–Crippen MR) is 76.1 cm³/mol. The van der Waals surface area contributed by atoms with Crippen LogP contribution in [-0.2, 0) is 9.59 Å². The van der Waals surface area contributed by atoms with Gasteiger partial charge in [-0.05, 0) is 25.7 Å². The van der Waals surface area contributed by atoms with Gasteiger partial charge in [-0.25, -0.2) is 0 Å². The van der Waals surface area contributed by atoms with Gasteiger partial charge < -0.3 is 16.2 Å². The Morgan fingerprint density at radius 3 is 2.25 bits per heavy atom. The van der Waals surface area contributed by atoms with Crippen molar-refractivity contribution in [1.82, 2.24) is 5.32 Å². The Bertz CT molecular complexity index is 364. The fraction of sp³-hybridized carbons (Fsp3) is 0.867. The molecule has 0 saturated heterocycles. The number of carbonyl (C=O) groups excluding carboxylic acids is 1. The Morgan fingerprint density at radius 1 is 1.00 bits per heavy atom. The molecule has 0 aromatic carbocycles. The number of nitrogens with one attached hydrogen (secondary N) is 1. The molecule has 2 atom stereocenters. The Labute approximate surface area is 120 Å². The van der Waals surface area contributed by atoms with Crippen molar-refractivity contribution in [2.75, 3.05) is 0 Å². The highest BCUT2D eigenvalue weighted by atomic mass is 16.4. The fourth-order valence-electron chi connectivity index (χ4n) is 3.50. The SMILES string of the molecule is NC1(C(=O)NC2CCCCCC2C(=O)O)CCCCC1. The van der Waals surface area contributed by atoms with Crippen LogP contribution >= 0.6 is 0 Å². The first kappa shape index (κ1) is 15.3. The Hall–Kier alpha value is -1.10. The second kappa shape index (κ2) is 6.57. The van der Waals surface area contributed by atoms with Gasteiger partial charge in [0.05, 0.1) is 11.5 Å². The fourth-order valence-corrected chi connectivity index (χ4v) is 3.50. The summed E-state index contributed by atoms with van der Waals surface area (Å²) in [5, 5.41) is 12.3. The molecular weight excluding hydrogens is 256 g/mol. The Balaban J connectivity index is 2.01. The van der Waals surface area contributed by atoms with E-state index in [-0.39, 0.29) is 11.9 Å². The number of carboxylic acid groups (broad SMARTS) is 1. The third kappa shape index (κ3) is 3.51. The third-order valence-electron chi connectivity index (χ3n) is 4.85. The number of aliphatic carboxylic acids is 1. The predicted octanol–water partition coefficient (Wildman–Crippen LogP) is 1.80. The van der Waals surface area contributed by atoms with Gasteiger partial charge in [-0.3, -0.25) is 9.59 Å². The van der Waals surface area contributed by atoms with Crippen LogP contribution in [0.1, 0.15) is 64.2 Å². The monoisotopic (exact) mass is 282 g/mol. The number of hydrogen-bond donors (Lipinski definition) is 3. The number of amides is 1. The van der Waals surface area contributed by atoms with Crippen LogP contribution in [-0.4, -0.2) is 28.6 Å². The zero-order valence-electron chi connectivity index (χ0n) is 12.1. The average Bonchev–Trinajstić information content (AvgIpc) is 2.65. The lowest BCUT2D eigenvalue weighted by atomic mass is 9.81. The van der Waals surface area contributed by atoms with E-state index in [0.29, 0.717) is 19.3 Å². The molecule has 5 heteroatoms. The van der Waals surface area contributed by atoms with Crippen LogP contribution in [0.4, 0.5) is 0 Å². The van der Waals surface area contributed by atoms with E-state index in [9.17, 15) is 14.7 Å². The minimum atomic E-state index is -0.799. The van der Waals surface area contributed by atoms with Crippen molar-refractivity contribution >= 4 is 11.9 Å². The molecule has 0 spiro atoms. The molecule has 0 aliphatic heterocycles. The maximum atomic E-state index is 12.4. The summed E-state index contributed by atoms with van der Waals surface area (Å²) >= 11 is 0. The van der Waals surface area contributed by atoms with Crippen LogP contribution < -0.4 is 11.1 Å². The van der Waals surface area contributed by atoms with Gasteiger partial charge in [-0.2, -0.15) is 0 Å². The smallest absolute Gasteiger partial charge is 0.308 e. The number of rotatable bonds is 3. The molecule has 2 aliphatic rings. The number of carboxylic acids is 1. The molecule has 5 nitrogen and oxygen atoms in total. The van der Waals surface area contributed by atoms with Crippen LogP contribution in [0.5, 0.6) is 0 Å². The average molecular weight is 282 g/mol. The molecule has 1 amide bonds. The molecule has 2 saturated carbocycles. The van der Waals surface area contributed by atoms with E-state index < -0.39 is 17.4 Å². The van der Waals surface area contributed by atoms with Crippen LogP contribution in [0.25, 0.3) is 0 Å². The summed E-state index contributed by atoms with van der Waals surface area (Å²) in [5.74, 6) is -1.41. The molecule has 0 aromatic rings. The second-order valence-corrected chi connectivity index (χ2v) is 6.38. The molecule has 0 radical (unpaired) electrons. The highest BCUT2D eigenvalue weighted by Gasteiger charge is 2.38. The van der Waals surface area contributed by atoms with Crippen molar-refractivity contribution in [2.45, 2.75) is 75.8 Å². The molecule has 20 heavy (non-hydrogen) atoms. The van der Waals surface area contributed by atoms with Gasteiger partial charge >= 0.3 is 5.97 Å². The molecular formula is C15H26N2O3. The summed E-state index contributed by atoms with van der Waals surface area (Å²) in [4.78, 5) is 23.8. The lowest BCUT2D eigenvalue weighted by Gasteiger charge is -2.34. The van der Waals surface area contributed by atoms with Gasteiger partial charge in [0.25, 0.3) is 0 Å². The number of hydrogen-bond acceptors (Lipinski definition) is 3. The minimum absolute atomic E-state index is 0.143. The van der Waals surface area contributed by atoms with Crippen LogP contribution in [0.3, 0.4) is 0 Å². The molecule has 2 fully saturated rings. The van der Waals surface area contributed by atoms with Crippen molar-refractivity contribution in [3.63, 3.8) is 0 Å². The second-order valence-electron chi connectivity index (χ2n) is 6.38. The zero-order chi connectivity index (χ0) is 14.6. The van der Waals surface area contributed by atoms with E-state index >= 15 is 0 Å². The molecule has 0 aromatic heterocycles. The van der Waals surface area contributed by atoms with Crippen molar-refractivity contribution in [3.8, 4) is 0 Å².